The van der Waals surface area contributed by atoms with Crippen molar-refractivity contribution in [1.82, 2.24) is 4.98 Å². The molecule has 1 aromatic rings. The minimum Gasteiger partial charge on any atom is -1.00 e. The summed E-state index contributed by atoms with van der Waals surface area (Å²) in [6.45, 7) is 11.1. The van der Waals surface area contributed by atoms with Gasteiger partial charge in [0, 0.05) is 0 Å². The van der Waals surface area contributed by atoms with E-state index in [9.17, 15) is 13.2 Å². The van der Waals surface area contributed by atoms with Crippen molar-refractivity contribution in [2.45, 2.75) is 51.5 Å². The van der Waals surface area contributed by atoms with Crippen LogP contribution in [0.1, 0.15) is 31.5 Å². The minimum absolute atomic E-state index is 0. The fourth-order valence-electron chi connectivity index (χ4n) is 1.34. The van der Waals surface area contributed by atoms with Crippen LogP contribution < -0.4 is 15.9 Å². The summed E-state index contributed by atoms with van der Waals surface area (Å²) in [6, 6.07) is 0. The Hall–Kier alpha value is 0.510. The van der Waals surface area contributed by atoms with Gasteiger partial charge in [-0.25, -0.2) is 0 Å². The van der Waals surface area contributed by atoms with E-state index in [4.69, 9.17) is 4.43 Å². The number of thiazole rings is 1. The summed E-state index contributed by atoms with van der Waals surface area (Å²) in [5.41, 5.74) is -0.704. The van der Waals surface area contributed by atoms with E-state index in [1.165, 1.54) is 0 Å². The van der Waals surface area contributed by atoms with Crippen molar-refractivity contribution in [3.8, 4) is 0 Å². The number of hydrogen-bond donors (Lipinski definition) is 0. The zero-order valence-electron chi connectivity index (χ0n) is 12.9. The van der Waals surface area contributed by atoms with E-state index in [1.54, 1.807) is 0 Å². The van der Waals surface area contributed by atoms with Gasteiger partial charge in [0.25, 0.3) is 0 Å². The molecule has 0 saturated heterocycles. The van der Waals surface area contributed by atoms with Crippen molar-refractivity contribution < 1.29 is 48.3 Å². The molecule has 0 aliphatic rings. The molecule has 0 atom stereocenters. The van der Waals surface area contributed by atoms with Crippen LogP contribution in [0.25, 0.3) is 0 Å². The molecule has 118 valence electrons. The monoisotopic (exact) mass is 409 g/mol. The van der Waals surface area contributed by atoms with Crippen molar-refractivity contribution in [3.63, 3.8) is 0 Å². The summed E-state index contributed by atoms with van der Waals surface area (Å²) < 4.78 is 44.3. The van der Waals surface area contributed by atoms with Gasteiger partial charge in [0.15, 0.2) is 0 Å². The van der Waals surface area contributed by atoms with Gasteiger partial charge in [-0.2, -0.15) is 0 Å². The van der Waals surface area contributed by atoms with Crippen molar-refractivity contribution in [1.29, 1.82) is 0 Å². The zero-order valence-corrected chi connectivity index (χ0v) is 18.4. The quantitative estimate of drug-likeness (QED) is 0.688. The summed E-state index contributed by atoms with van der Waals surface area (Å²) in [5.74, 6) is 0. The van der Waals surface area contributed by atoms with Gasteiger partial charge in [-0.15, -0.1) is 0 Å². The molecule has 0 spiro atoms. The molecule has 1 aromatic heterocycles. The maximum Gasteiger partial charge on any atom is -1.00 e. The van der Waals surface area contributed by atoms with Gasteiger partial charge in [0.2, 0.25) is 0 Å². The van der Waals surface area contributed by atoms with Gasteiger partial charge in [0.05, 0.1) is 0 Å². The van der Waals surface area contributed by atoms with Gasteiger partial charge in [0.1, 0.15) is 0 Å². The largest absolute Gasteiger partial charge is 1.00 e. The molecule has 1 rings (SSSR count). The SMILES string of the molecule is CC(C)(C)[Si](C)(C)OCCc1nc(C(F)(F)F)[c]([Zn+])s1.[Cl-]. The summed E-state index contributed by atoms with van der Waals surface area (Å²) >= 11 is 1.64. The molecule has 9 heteroatoms. The number of aromatic nitrogens is 1. The van der Waals surface area contributed by atoms with E-state index >= 15 is 0 Å². The molecule has 2 nitrogen and oxygen atoms in total. The molecule has 0 N–H and O–H groups in total. The molecule has 0 aliphatic carbocycles. The van der Waals surface area contributed by atoms with Gasteiger partial charge < -0.3 is 12.4 Å². The average molecular weight is 411 g/mol. The summed E-state index contributed by atoms with van der Waals surface area (Å²) in [4.78, 5) is 3.72. The number of alkyl halides is 3. The maximum atomic E-state index is 12.7. The smallest absolute Gasteiger partial charge is 1.00 e. The van der Waals surface area contributed by atoms with Crippen LogP contribution in [0.3, 0.4) is 0 Å². The normalized spacial score (nSPS) is 13.2. The molecule has 1 heterocycles. The Balaban J connectivity index is 0.00000400. The van der Waals surface area contributed by atoms with Crippen LogP contribution in [-0.2, 0) is 35.3 Å². The Kier molecular flexibility index (Phi) is 7.57. The molecular formula is C12H19ClF3NOSSiZn. The number of hydrogen-bond acceptors (Lipinski definition) is 3. The first-order valence-electron chi connectivity index (χ1n) is 6.37. The first kappa shape index (κ1) is 21.5. The third kappa shape index (κ3) is 5.90. The minimum atomic E-state index is -4.33. The topological polar surface area (TPSA) is 22.1 Å². The second-order valence-electron chi connectivity index (χ2n) is 6.24. The third-order valence-corrected chi connectivity index (χ3v) is 10.7. The number of rotatable bonds is 4. The molecule has 0 fully saturated rings. The maximum absolute atomic E-state index is 12.7. The molecular weight excluding hydrogens is 392 g/mol. The van der Waals surface area contributed by atoms with Gasteiger partial charge in [-0.3, -0.25) is 0 Å². The first-order valence-corrected chi connectivity index (χ1v) is 11.6. The van der Waals surface area contributed by atoms with E-state index in [1.807, 2.05) is 0 Å². The Bertz CT molecular complexity index is 474. The Morgan fingerprint density at radius 3 is 2.14 bits per heavy atom. The van der Waals surface area contributed by atoms with Crippen molar-refractivity contribution >= 4 is 23.1 Å². The van der Waals surface area contributed by atoms with Crippen molar-refractivity contribution in [3.05, 3.63) is 10.7 Å². The molecule has 21 heavy (non-hydrogen) atoms. The summed E-state index contributed by atoms with van der Waals surface area (Å²) in [6.07, 6.45) is -3.87. The summed E-state index contributed by atoms with van der Waals surface area (Å²) in [5, 5.41) is 0.632. The van der Waals surface area contributed by atoms with Crippen molar-refractivity contribution in [2.24, 2.45) is 0 Å². The Morgan fingerprint density at radius 1 is 1.24 bits per heavy atom. The molecule has 0 saturated carbocycles. The van der Waals surface area contributed by atoms with Crippen LogP contribution in [0.5, 0.6) is 0 Å². The molecule has 0 aliphatic heterocycles. The van der Waals surface area contributed by atoms with E-state index in [0.717, 1.165) is 11.3 Å². The first-order chi connectivity index (χ1) is 8.84. The standard InChI is InChI=1S/C12H19F3NOSSi.ClH.Zn/c1-11(2,3)19(4,5)17-7-6-10-16-9(8-18-10)12(13,14)15;;/h6-7H2,1-5H3;1H;/q;;+1/p-1. The number of halogens is 4. The molecule has 0 amide bonds. The van der Waals surface area contributed by atoms with Crippen LogP contribution >= 0.6 is 11.3 Å². The average Bonchev–Trinajstić information content (AvgIpc) is 2.57. The van der Waals surface area contributed by atoms with Crippen LogP contribution in [-0.4, -0.2) is 19.9 Å². The Labute approximate surface area is 145 Å². The summed E-state index contributed by atoms with van der Waals surface area (Å²) in [7, 11) is -1.84. The van der Waals surface area contributed by atoms with E-state index in [0.29, 0.717) is 39.8 Å². The zero-order chi connectivity index (χ0) is 15.8. The van der Waals surface area contributed by atoms with Crippen LogP contribution in [0.15, 0.2) is 0 Å². The van der Waals surface area contributed by atoms with Crippen LogP contribution in [0.2, 0.25) is 18.1 Å². The van der Waals surface area contributed by atoms with E-state index in [2.05, 4.69) is 38.8 Å². The third-order valence-electron chi connectivity index (χ3n) is 3.60. The predicted molar refractivity (Wildman–Crippen MR) is 73.6 cm³/mol. The Morgan fingerprint density at radius 2 is 1.76 bits per heavy atom. The van der Waals surface area contributed by atoms with Gasteiger partial charge in [-0.1, -0.05) is 0 Å². The number of nitrogens with zero attached hydrogens (tertiary/aromatic N) is 1. The fraction of sp³-hybridized carbons (Fsp3) is 0.750. The van der Waals surface area contributed by atoms with E-state index < -0.39 is 20.2 Å². The second-order valence-corrected chi connectivity index (χ2v) is 14.8. The van der Waals surface area contributed by atoms with Crippen LogP contribution in [0.4, 0.5) is 13.2 Å². The van der Waals surface area contributed by atoms with E-state index in [-0.39, 0.29) is 17.4 Å². The predicted octanol–water partition coefficient (Wildman–Crippen LogP) is 0.902. The van der Waals surface area contributed by atoms with Crippen molar-refractivity contribution in [2.75, 3.05) is 6.61 Å². The second kappa shape index (κ2) is 7.39. The molecule has 0 bridgehead atoms. The van der Waals surface area contributed by atoms with Gasteiger partial charge >= 0.3 is 133 Å². The molecule has 0 radical (unpaired) electrons. The van der Waals surface area contributed by atoms with Gasteiger partial charge in [-0.05, 0) is 0 Å². The fourth-order valence-corrected chi connectivity index (χ4v) is 4.88. The molecule has 0 unspecified atom stereocenters. The molecule has 0 aromatic carbocycles. The van der Waals surface area contributed by atoms with Crippen LogP contribution in [0, 0.1) is 0 Å².